The standard InChI is InChI=1S/C48H26N2O2S2/c1-5-17-35-27(11-1)31-23-25-39-45(43(31)49(35)37-19-9-15-33-29-13-3-7-21-41(29)53-47(33)37)51-40-26-24-32-28-12-2-6-18-36(28)50(44(32)46(40)52-39)38-20-10-16-34-30-14-4-8-22-42(30)54-48(34)38/h1-26H. The Morgan fingerprint density at radius 3 is 1.22 bits per heavy atom. The van der Waals surface area contributed by atoms with Crippen LogP contribution in [0.4, 0.5) is 0 Å². The van der Waals surface area contributed by atoms with Crippen LogP contribution in [-0.4, -0.2) is 9.13 Å². The molecule has 13 rings (SSSR count). The van der Waals surface area contributed by atoms with Crippen molar-refractivity contribution in [3.8, 4) is 34.4 Å². The van der Waals surface area contributed by atoms with Gasteiger partial charge in [-0.1, -0.05) is 97.1 Å². The molecule has 252 valence electrons. The zero-order valence-corrected chi connectivity index (χ0v) is 30.2. The number of fused-ring (bicyclic) bond motifs is 16. The highest BCUT2D eigenvalue weighted by atomic mass is 32.1. The molecule has 4 aromatic heterocycles. The molecule has 0 fully saturated rings. The van der Waals surface area contributed by atoms with Crippen molar-refractivity contribution in [3.05, 3.63) is 158 Å². The topological polar surface area (TPSA) is 28.3 Å². The van der Waals surface area contributed by atoms with Gasteiger partial charge in [0, 0.05) is 52.5 Å². The van der Waals surface area contributed by atoms with Crippen molar-refractivity contribution in [2.45, 2.75) is 0 Å². The van der Waals surface area contributed by atoms with Gasteiger partial charge in [0.15, 0.2) is 23.0 Å². The van der Waals surface area contributed by atoms with E-state index >= 15 is 0 Å². The number of aromatic nitrogens is 2. The maximum atomic E-state index is 7.13. The normalized spacial score (nSPS) is 12.7. The van der Waals surface area contributed by atoms with Crippen molar-refractivity contribution in [2.24, 2.45) is 0 Å². The van der Waals surface area contributed by atoms with Crippen molar-refractivity contribution >= 4 is 107 Å². The van der Waals surface area contributed by atoms with Crippen LogP contribution in [-0.2, 0) is 0 Å². The first-order chi connectivity index (χ1) is 26.8. The Hall–Kier alpha value is -6.60. The third kappa shape index (κ3) is 3.71. The maximum absolute atomic E-state index is 7.13. The third-order valence-corrected chi connectivity index (χ3v) is 13.6. The van der Waals surface area contributed by atoms with Crippen molar-refractivity contribution in [2.75, 3.05) is 0 Å². The Kier molecular flexibility index (Phi) is 5.63. The van der Waals surface area contributed by atoms with E-state index in [0.29, 0.717) is 11.5 Å². The molecule has 54 heavy (non-hydrogen) atoms. The van der Waals surface area contributed by atoms with Gasteiger partial charge in [-0.2, -0.15) is 0 Å². The summed E-state index contributed by atoms with van der Waals surface area (Å²) in [6.07, 6.45) is 0. The minimum atomic E-state index is 0.701. The van der Waals surface area contributed by atoms with E-state index in [2.05, 4.69) is 167 Å². The molecule has 0 N–H and O–H groups in total. The van der Waals surface area contributed by atoms with Gasteiger partial charge in [0.25, 0.3) is 0 Å². The summed E-state index contributed by atoms with van der Waals surface area (Å²) >= 11 is 3.68. The summed E-state index contributed by atoms with van der Waals surface area (Å²) in [5.74, 6) is 2.85. The van der Waals surface area contributed by atoms with E-state index in [0.717, 1.165) is 55.7 Å². The molecule has 0 atom stereocenters. The Labute approximate surface area is 315 Å². The largest absolute Gasteiger partial charge is 0.447 e. The predicted molar refractivity (Wildman–Crippen MR) is 227 cm³/mol. The number of rotatable bonds is 2. The third-order valence-electron chi connectivity index (χ3n) is 11.2. The number of para-hydroxylation sites is 2. The van der Waals surface area contributed by atoms with Gasteiger partial charge >= 0.3 is 0 Å². The van der Waals surface area contributed by atoms with Crippen LogP contribution in [0.3, 0.4) is 0 Å². The number of hydrogen-bond acceptors (Lipinski definition) is 4. The first kappa shape index (κ1) is 28.9. The maximum Gasteiger partial charge on any atom is 0.194 e. The molecule has 0 amide bonds. The number of hydrogen-bond donors (Lipinski definition) is 0. The molecule has 8 aromatic carbocycles. The summed E-state index contributed by atoms with van der Waals surface area (Å²) in [4.78, 5) is 0. The van der Waals surface area contributed by atoms with Gasteiger partial charge in [0.05, 0.1) is 31.8 Å². The van der Waals surface area contributed by atoms with Gasteiger partial charge in [-0.3, -0.25) is 0 Å². The lowest BCUT2D eigenvalue weighted by molar-refractivity contribution is 0.365. The Morgan fingerprint density at radius 2 is 0.741 bits per heavy atom. The molecule has 0 unspecified atom stereocenters. The molecule has 0 spiro atoms. The number of benzene rings is 8. The molecule has 1 aliphatic rings. The molecule has 6 heteroatoms. The molecule has 12 aromatic rings. The van der Waals surface area contributed by atoms with Gasteiger partial charge in [0.2, 0.25) is 0 Å². The van der Waals surface area contributed by atoms with Crippen LogP contribution < -0.4 is 9.47 Å². The molecule has 0 saturated carbocycles. The summed E-state index contributed by atoms with van der Waals surface area (Å²) in [5.41, 5.74) is 6.53. The molecule has 0 saturated heterocycles. The molecular weight excluding hydrogens is 701 g/mol. The van der Waals surface area contributed by atoms with Crippen LogP contribution in [0.25, 0.3) is 95.3 Å². The number of nitrogens with zero attached hydrogens (tertiary/aromatic N) is 2. The molecule has 0 aliphatic carbocycles. The van der Waals surface area contributed by atoms with Crippen molar-refractivity contribution < 1.29 is 9.47 Å². The summed E-state index contributed by atoms with van der Waals surface area (Å²) in [5, 5.41) is 9.68. The van der Waals surface area contributed by atoms with Gasteiger partial charge in [-0.05, 0) is 60.7 Å². The van der Waals surface area contributed by atoms with Crippen LogP contribution in [0.5, 0.6) is 23.0 Å². The molecule has 0 bridgehead atoms. The Balaban J connectivity index is 1.09. The second-order valence-electron chi connectivity index (χ2n) is 14.0. The first-order valence-corrected chi connectivity index (χ1v) is 19.7. The van der Waals surface area contributed by atoms with Gasteiger partial charge in [-0.25, -0.2) is 0 Å². The number of thiophene rings is 2. The fourth-order valence-electron chi connectivity index (χ4n) is 8.91. The van der Waals surface area contributed by atoms with E-state index in [1.54, 1.807) is 0 Å². The molecule has 1 aliphatic heterocycles. The van der Waals surface area contributed by atoms with Gasteiger partial charge < -0.3 is 18.6 Å². The average molecular weight is 727 g/mol. The van der Waals surface area contributed by atoms with E-state index in [-0.39, 0.29) is 0 Å². The molecule has 0 radical (unpaired) electrons. The second kappa shape index (κ2) is 10.5. The van der Waals surface area contributed by atoms with Gasteiger partial charge in [0.1, 0.15) is 11.0 Å². The van der Waals surface area contributed by atoms with Crippen LogP contribution in [0.2, 0.25) is 0 Å². The molecule has 5 heterocycles. The summed E-state index contributed by atoms with van der Waals surface area (Å²) in [7, 11) is 0. The van der Waals surface area contributed by atoms with E-state index in [9.17, 15) is 0 Å². The smallest absolute Gasteiger partial charge is 0.194 e. The lowest BCUT2D eigenvalue weighted by Gasteiger charge is -2.24. The van der Waals surface area contributed by atoms with E-state index < -0.39 is 0 Å². The minimum absolute atomic E-state index is 0.701. The zero-order chi connectivity index (χ0) is 35.1. The zero-order valence-electron chi connectivity index (χ0n) is 28.5. The van der Waals surface area contributed by atoms with Crippen LogP contribution in [0.1, 0.15) is 0 Å². The molecule has 4 nitrogen and oxygen atoms in total. The van der Waals surface area contributed by atoms with Crippen molar-refractivity contribution in [1.29, 1.82) is 0 Å². The van der Waals surface area contributed by atoms with Crippen molar-refractivity contribution in [1.82, 2.24) is 9.13 Å². The first-order valence-electron chi connectivity index (χ1n) is 18.1. The highest BCUT2D eigenvalue weighted by Crippen LogP contribution is 2.55. The van der Waals surface area contributed by atoms with E-state index in [1.807, 2.05) is 22.7 Å². The second-order valence-corrected chi connectivity index (χ2v) is 16.1. The Bertz CT molecular complexity index is 3340. The highest BCUT2D eigenvalue weighted by Gasteiger charge is 2.30. The van der Waals surface area contributed by atoms with Crippen molar-refractivity contribution in [3.63, 3.8) is 0 Å². The minimum Gasteiger partial charge on any atom is -0.447 e. The van der Waals surface area contributed by atoms with Crippen LogP contribution in [0, 0.1) is 0 Å². The lowest BCUT2D eigenvalue weighted by atomic mass is 10.1. The van der Waals surface area contributed by atoms with Crippen LogP contribution in [0.15, 0.2) is 158 Å². The SMILES string of the molecule is c1ccc2c(c1)sc1c(-n3c4ccccc4c4ccc5c(c43)Oc3ccc4c6ccccc6n(-c6cccc7c6sc6ccccc67)c4c3O5)cccc12. The summed E-state index contributed by atoms with van der Waals surface area (Å²) in [6, 6.07) is 56.5. The number of ether oxygens (including phenoxy) is 2. The monoisotopic (exact) mass is 726 g/mol. The van der Waals surface area contributed by atoms with Crippen LogP contribution >= 0.6 is 22.7 Å². The quantitative estimate of drug-likeness (QED) is 0.177. The predicted octanol–water partition coefficient (Wildman–Crippen LogP) is 14.5. The summed E-state index contributed by atoms with van der Waals surface area (Å²) in [6.45, 7) is 0. The Morgan fingerprint density at radius 1 is 0.333 bits per heavy atom. The highest BCUT2D eigenvalue weighted by molar-refractivity contribution is 7.26. The fraction of sp³-hybridized carbons (Fsp3) is 0. The van der Waals surface area contributed by atoms with E-state index in [4.69, 9.17) is 9.47 Å². The lowest BCUT2D eigenvalue weighted by Crippen LogP contribution is -2.04. The summed E-state index contributed by atoms with van der Waals surface area (Å²) < 4.78 is 24.1. The fourth-order valence-corrected chi connectivity index (χ4v) is 11.3. The average Bonchev–Trinajstić information content (AvgIpc) is 3.98. The van der Waals surface area contributed by atoms with Gasteiger partial charge in [-0.15, -0.1) is 22.7 Å². The molecular formula is C48H26N2O2S2. The van der Waals surface area contributed by atoms with E-state index in [1.165, 1.54) is 51.1 Å².